The largest absolute Gasteiger partial charge is 0.508 e. The van der Waals surface area contributed by atoms with Crippen LogP contribution >= 0.6 is 0 Å². The molecule has 0 amide bonds. The molecule has 1 aliphatic rings. The Kier molecular flexibility index (Phi) is 3.28. The molecule has 0 fully saturated rings. The van der Waals surface area contributed by atoms with E-state index in [0.29, 0.717) is 11.8 Å². The predicted octanol–water partition coefficient (Wildman–Crippen LogP) is 3.76. The van der Waals surface area contributed by atoms with Crippen LogP contribution in [0.5, 0.6) is 17.2 Å². The summed E-state index contributed by atoms with van der Waals surface area (Å²) in [5, 5.41) is 29.1. The van der Waals surface area contributed by atoms with Gasteiger partial charge in [-0.15, -0.1) is 0 Å². The number of hydrogen-bond acceptors (Lipinski definition) is 3. The second-order valence-electron chi connectivity index (χ2n) is 6.15. The predicted molar refractivity (Wildman–Crippen MR) is 81.8 cm³/mol. The quantitative estimate of drug-likeness (QED) is 0.699. The smallest absolute Gasteiger partial charge is 0.157 e. The van der Waals surface area contributed by atoms with Gasteiger partial charge in [0, 0.05) is 5.92 Å². The standard InChI is InChI=1S/C18H20O3/c1-10-7-13-8-16(20)17(21)9-15(13)18(11(10)2)12-3-5-14(19)6-4-12/h3-6,8-11,18-21H,7H2,1-2H3/t10-,11+,18-/m0/s1. The molecule has 0 saturated heterocycles. The van der Waals surface area contributed by atoms with E-state index >= 15 is 0 Å². The van der Waals surface area contributed by atoms with Crippen LogP contribution in [0.15, 0.2) is 36.4 Å². The molecule has 0 radical (unpaired) electrons. The van der Waals surface area contributed by atoms with E-state index in [-0.39, 0.29) is 23.2 Å². The SMILES string of the molecule is C[C@H]1[C@@H](c2ccc(O)cc2)c2cc(O)c(O)cc2C[C@@H]1C. The van der Waals surface area contributed by atoms with Crippen molar-refractivity contribution in [3.05, 3.63) is 53.1 Å². The van der Waals surface area contributed by atoms with Crippen molar-refractivity contribution in [2.45, 2.75) is 26.2 Å². The molecule has 3 N–H and O–H groups in total. The van der Waals surface area contributed by atoms with Crippen LogP contribution in [0, 0.1) is 11.8 Å². The van der Waals surface area contributed by atoms with E-state index in [0.717, 1.165) is 23.1 Å². The van der Waals surface area contributed by atoms with Gasteiger partial charge in [-0.05, 0) is 59.2 Å². The lowest BCUT2D eigenvalue weighted by Crippen LogP contribution is -2.26. The zero-order valence-electron chi connectivity index (χ0n) is 12.2. The number of phenolic OH excluding ortho intramolecular Hbond substituents is 3. The Morgan fingerprint density at radius 3 is 2.19 bits per heavy atom. The molecule has 110 valence electrons. The van der Waals surface area contributed by atoms with Crippen LogP contribution in [0.1, 0.15) is 36.5 Å². The minimum absolute atomic E-state index is 0.0556. The molecule has 0 spiro atoms. The minimum atomic E-state index is -0.0701. The van der Waals surface area contributed by atoms with Gasteiger partial charge in [-0.3, -0.25) is 0 Å². The third-order valence-electron chi connectivity index (χ3n) is 4.79. The average Bonchev–Trinajstić information content (AvgIpc) is 2.44. The molecular formula is C18H20O3. The molecule has 2 aromatic rings. The van der Waals surface area contributed by atoms with Crippen LogP contribution in [0.2, 0.25) is 0 Å². The summed E-state index contributed by atoms with van der Waals surface area (Å²) in [6.07, 6.45) is 0.902. The Morgan fingerprint density at radius 1 is 0.905 bits per heavy atom. The molecule has 3 nitrogen and oxygen atoms in total. The molecule has 3 atom stereocenters. The van der Waals surface area contributed by atoms with Gasteiger partial charge >= 0.3 is 0 Å². The van der Waals surface area contributed by atoms with Crippen molar-refractivity contribution in [3.8, 4) is 17.2 Å². The van der Waals surface area contributed by atoms with Gasteiger partial charge in [-0.1, -0.05) is 26.0 Å². The Labute approximate surface area is 124 Å². The lowest BCUT2D eigenvalue weighted by molar-refractivity contribution is 0.322. The van der Waals surface area contributed by atoms with Gasteiger partial charge in [0.1, 0.15) is 5.75 Å². The molecule has 0 bridgehead atoms. The molecule has 3 rings (SSSR count). The van der Waals surface area contributed by atoms with E-state index in [9.17, 15) is 15.3 Å². The molecule has 0 saturated carbocycles. The summed E-state index contributed by atoms with van der Waals surface area (Å²) in [6, 6.07) is 10.6. The number of rotatable bonds is 1. The number of aromatic hydroxyl groups is 3. The summed E-state index contributed by atoms with van der Waals surface area (Å²) in [6.45, 7) is 4.43. The van der Waals surface area contributed by atoms with E-state index in [1.165, 1.54) is 0 Å². The first-order valence-electron chi connectivity index (χ1n) is 7.31. The van der Waals surface area contributed by atoms with Crippen LogP contribution in [0.25, 0.3) is 0 Å². The molecule has 0 unspecified atom stereocenters. The highest BCUT2D eigenvalue weighted by molar-refractivity contribution is 5.51. The molecule has 21 heavy (non-hydrogen) atoms. The molecule has 1 aliphatic carbocycles. The molecule has 0 aromatic heterocycles. The van der Waals surface area contributed by atoms with Gasteiger partial charge in [0.05, 0.1) is 0 Å². The van der Waals surface area contributed by atoms with Crippen molar-refractivity contribution in [3.63, 3.8) is 0 Å². The van der Waals surface area contributed by atoms with Crippen LogP contribution in [0.4, 0.5) is 0 Å². The van der Waals surface area contributed by atoms with E-state index in [1.807, 2.05) is 12.1 Å². The van der Waals surface area contributed by atoms with Crippen LogP contribution in [0.3, 0.4) is 0 Å². The second-order valence-corrected chi connectivity index (χ2v) is 6.15. The maximum atomic E-state index is 9.85. The van der Waals surface area contributed by atoms with Crippen molar-refractivity contribution in [1.82, 2.24) is 0 Å². The van der Waals surface area contributed by atoms with Crippen molar-refractivity contribution < 1.29 is 15.3 Å². The zero-order valence-corrected chi connectivity index (χ0v) is 12.2. The van der Waals surface area contributed by atoms with E-state index in [2.05, 4.69) is 13.8 Å². The lowest BCUT2D eigenvalue weighted by atomic mass is 9.68. The average molecular weight is 284 g/mol. The summed E-state index contributed by atoms with van der Waals surface area (Å²) >= 11 is 0. The van der Waals surface area contributed by atoms with Gasteiger partial charge in [-0.25, -0.2) is 0 Å². The Hall–Kier alpha value is -2.16. The van der Waals surface area contributed by atoms with Gasteiger partial charge in [0.2, 0.25) is 0 Å². The highest BCUT2D eigenvalue weighted by Gasteiger charge is 2.33. The number of hydrogen-bond donors (Lipinski definition) is 3. The summed E-state index contributed by atoms with van der Waals surface area (Å²) in [7, 11) is 0. The fraction of sp³-hybridized carbons (Fsp3) is 0.333. The topological polar surface area (TPSA) is 60.7 Å². The highest BCUT2D eigenvalue weighted by atomic mass is 16.3. The van der Waals surface area contributed by atoms with E-state index in [1.54, 1.807) is 24.3 Å². The third kappa shape index (κ3) is 2.33. The fourth-order valence-electron chi connectivity index (χ4n) is 3.41. The Balaban J connectivity index is 2.15. The van der Waals surface area contributed by atoms with Gasteiger partial charge in [0.15, 0.2) is 11.5 Å². The summed E-state index contributed by atoms with van der Waals surface area (Å²) in [5.41, 5.74) is 3.29. The monoisotopic (exact) mass is 284 g/mol. The summed E-state index contributed by atoms with van der Waals surface area (Å²) in [5.74, 6) is 1.20. The van der Waals surface area contributed by atoms with Crippen LogP contribution in [-0.2, 0) is 6.42 Å². The zero-order chi connectivity index (χ0) is 15.1. The molecule has 0 aliphatic heterocycles. The first-order valence-corrected chi connectivity index (χ1v) is 7.31. The van der Waals surface area contributed by atoms with Gasteiger partial charge < -0.3 is 15.3 Å². The maximum absolute atomic E-state index is 9.85. The minimum Gasteiger partial charge on any atom is -0.508 e. The molecular weight excluding hydrogens is 264 g/mol. The molecule has 2 aromatic carbocycles. The lowest BCUT2D eigenvalue weighted by Gasteiger charge is -2.36. The van der Waals surface area contributed by atoms with Crippen molar-refractivity contribution >= 4 is 0 Å². The second kappa shape index (κ2) is 4.99. The van der Waals surface area contributed by atoms with Crippen LogP contribution in [-0.4, -0.2) is 15.3 Å². The van der Waals surface area contributed by atoms with Gasteiger partial charge in [0.25, 0.3) is 0 Å². The van der Waals surface area contributed by atoms with Gasteiger partial charge in [-0.2, -0.15) is 0 Å². The first-order chi connectivity index (χ1) is 9.97. The fourth-order valence-corrected chi connectivity index (χ4v) is 3.41. The van der Waals surface area contributed by atoms with Crippen molar-refractivity contribution in [1.29, 1.82) is 0 Å². The van der Waals surface area contributed by atoms with Crippen molar-refractivity contribution in [2.75, 3.05) is 0 Å². The summed E-state index contributed by atoms with van der Waals surface area (Å²) in [4.78, 5) is 0. The highest BCUT2D eigenvalue weighted by Crippen LogP contribution is 2.46. The van der Waals surface area contributed by atoms with E-state index < -0.39 is 0 Å². The maximum Gasteiger partial charge on any atom is 0.157 e. The first kappa shape index (κ1) is 13.8. The number of benzene rings is 2. The number of phenols is 3. The summed E-state index contributed by atoms with van der Waals surface area (Å²) < 4.78 is 0. The Morgan fingerprint density at radius 2 is 1.52 bits per heavy atom. The third-order valence-corrected chi connectivity index (χ3v) is 4.79. The normalized spacial score (nSPS) is 24.6. The molecule has 0 heterocycles. The van der Waals surface area contributed by atoms with E-state index in [4.69, 9.17) is 0 Å². The van der Waals surface area contributed by atoms with Crippen LogP contribution < -0.4 is 0 Å². The Bertz CT molecular complexity index is 661. The number of fused-ring (bicyclic) bond motifs is 1. The van der Waals surface area contributed by atoms with Crippen molar-refractivity contribution in [2.24, 2.45) is 11.8 Å². The molecule has 3 heteroatoms.